The van der Waals surface area contributed by atoms with Crippen molar-refractivity contribution in [2.45, 2.75) is 30.4 Å². The third-order valence-corrected chi connectivity index (χ3v) is 7.44. The van der Waals surface area contributed by atoms with Crippen LogP contribution < -0.4 is 15.4 Å². The molecule has 0 atom stereocenters. The monoisotopic (exact) mass is 389 g/mol. The van der Waals surface area contributed by atoms with Gasteiger partial charge in [-0.25, -0.2) is 13.1 Å². The third kappa shape index (κ3) is 6.03. The van der Waals surface area contributed by atoms with E-state index in [1.807, 2.05) is 0 Å². The molecule has 2 heterocycles. The SMILES string of the molecule is COCC1(CNS(=O)(=O)c2ccc(CCNC(C)=O)s2)CCNCC1. The quantitative estimate of drug-likeness (QED) is 0.578. The lowest BCUT2D eigenvalue weighted by molar-refractivity contribution is -0.118. The molecule has 0 saturated carbocycles. The van der Waals surface area contributed by atoms with E-state index in [0.717, 1.165) is 30.8 Å². The number of rotatable bonds is 9. The summed E-state index contributed by atoms with van der Waals surface area (Å²) < 4.78 is 33.6. The Balaban J connectivity index is 1.96. The van der Waals surface area contributed by atoms with Crippen LogP contribution in [0.4, 0.5) is 0 Å². The summed E-state index contributed by atoms with van der Waals surface area (Å²) in [6, 6.07) is 3.43. The minimum Gasteiger partial charge on any atom is -0.384 e. The first kappa shape index (κ1) is 20.3. The van der Waals surface area contributed by atoms with E-state index in [9.17, 15) is 13.2 Å². The van der Waals surface area contributed by atoms with Crippen LogP contribution in [0.3, 0.4) is 0 Å². The predicted octanol–water partition coefficient (Wildman–Crippen LogP) is 0.721. The molecule has 2 rings (SSSR count). The molecule has 25 heavy (non-hydrogen) atoms. The van der Waals surface area contributed by atoms with Crippen LogP contribution in [0.5, 0.6) is 0 Å². The highest BCUT2D eigenvalue weighted by atomic mass is 32.2. The van der Waals surface area contributed by atoms with Crippen molar-refractivity contribution in [2.75, 3.05) is 39.9 Å². The maximum Gasteiger partial charge on any atom is 0.250 e. The summed E-state index contributed by atoms with van der Waals surface area (Å²) in [6.07, 6.45) is 2.39. The van der Waals surface area contributed by atoms with Crippen molar-refractivity contribution in [1.29, 1.82) is 0 Å². The van der Waals surface area contributed by atoms with Gasteiger partial charge in [0.1, 0.15) is 4.21 Å². The van der Waals surface area contributed by atoms with Crippen molar-refractivity contribution < 1.29 is 17.9 Å². The molecule has 9 heteroatoms. The fourth-order valence-corrected chi connectivity index (χ4v) is 5.51. The number of nitrogens with one attached hydrogen (secondary N) is 3. The first-order valence-corrected chi connectivity index (χ1v) is 10.7. The van der Waals surface area contributed by atoms with Gasteiger partial charge in [0, 0.05) is 37.4 Å². The van der Waals surface area contributed by atoms with Gasteiger partial charge in [0.2, 0.25) is 15.9 Å². The summed E-state index contributed by atoms with van der Waals surface area (Å²) in [5, 5.41) is 6.01. The van der Waals surface area contributed by atoms with Crippen LogP contribution in [-0.4, -0.2) is 54.2 Å². The Labute approximate surface area is 153 Å². The largest absolute Gasteiger partial charge is 0.384 e. The highest BCUT2D eigenvalue weighted by Crippen LogP contribution is 2.29. The average Bonchev–Trinajstić information content (AvgIpc) is 3.04. The zero-order chi connectivity index (χ0) is 18.3. The third-order valence-electron chi connectivity index (χ3n) is 4.40. The summed E-state index contributed by atoms with van der Waals surface area (Å²) >= 11 is 1.25. The van der Waals surface area contributed by atoms with E-state index in [-0.39, 0.29) is 11.3 Å². The van der Waals surface area contributed by atoms with Crippen LogP contribution in [0.25, 0.3) is 0 Å². The lowest BCUT2D eigenvalue weighted by atomic mass is 9.80. The van der Waals surface area contributed by atoms with E-state index in [1.165, 1.54) is 18.3 Å². The Morgan fingerprint density at radius 3 is 2.72 bits per heavy atom. The lowest BCUT2D eigenvalue weighted by Gasteiger charge is -2.37. The minimum absolute atomic E-state index is 0.0866. The van der Waals surface area contributed by atoms with Gasteiger partial charge in [-0.15, -0.1) is 11.3 Å². The maximum atomic E-state index is 12.6. The number of amides is 1. The molecule has 0 aliphatic carbocycles. The van der Waals surface area contributed by atoms with Gasteiger partial charge >= 0.3 is 0 Å². The molecule has 0 radical (unpaired) electrons. The molecule has 1 aromatic heterocycles. The molecule has 142 valence electrons. The minimum atomic E-state index is -3.53. The van der Waals surface area contributed by atoms with Crippen LogP contribution in [-0.2, 0) is 26.0 Å². The van der Waals surface area contributed by atoms with Crippen molar-refractivity contribution in [3.05, 3.63) is 17.0 Å². The number of carbonyl (C=O) groups is 1. The Bertz CT molecular complexity index is 661. The molecule has 1 aromatic rings. The number of thiophene rings is 1. The zero-order valence-electron chi connectivity index (χ0n) is 14.8. The number of carbonyl (C=O) groups excluding carboxylic acids is 1. The van der Waals surface area contributed by atoms with Crippen LogP contribution in [0.2, 0.25) is 0 Å². The normalized spacial score (nSPS) is 17.4. The first-order valence-electron chi connectivity index (χ1n) is 8.39. The van der Waals surface area contributed by atoms with Crippen molar-refractivity contribution in [2.24, 2.45) is 5.41 Å². The van der Waals surface area contributed by atoms with E-state index >= 15 is 0 Å². The highest BCUT2D eigenvalue weighted by Gasteiger charge is 2.33. The fourth-order valence-electron chi connectivity index (χ4n) is 2.95. The molecule has 0 unspecified atom stereocenters. The Kier molecular flexibility index (Phi) is 7.38. The molecule has 7 nitrogen and oxygen atoms in total. The van der Waals surface area contributed by atoms with Gasteiger partial charge < -0.3 is 15.4 Å². The van der Waals surface area contributed by atoms with E-state index in [4.69, 9.17) is 4.74 Å². The van der Waals surface area contributed by atoms with Crippen molar-refractivity contribution in [3.63, 3.8) is 0 Å². The topological polar surface area (TPSA) is 96.5 Å². The number of hydrogen-bond acceptors (Lipinski definition) is 6. The van der Waals surface area contributed by atoms with E-state index < -0.39 is 10.0 Å². The van der Waals surface area contributed by atoms with Crippen LogP contribution in [0.1, 0.15) is 24.6 Å². The number of sulfonamides is 1. The molecular weight excluding hydrogens is 362 g/mol. The summed E-state index contributed by atoms with van der Waals surface area (Å²) in [7, 11) is -1.88. The summed E-state index contributed by atoms with van der Waals surface area (Å²) in [6.45, 7) is 4.64. The number of ether oxygens (including phenoxy) is 1. The van der Waals surface area contributed by atoms with Gasteiger partial charge in [-0.1, -0.05) is 0 Å². The molecule has 1 saturated heterocycles. The summed E-state index contributed by atoms with van der Waals surface area (Å²) in [5.74, 6) is -0.0866. The van der Waals surface area contributed by atoms with E-state index in [0.29, 0.717) is 30.3 Å². The van der Waals surface area contributed by atoms with Crippen molar-refractivity contribution in [3.8, 4) is 0 Å². The second kappa shape index (κ2) is 9.09. The lowest BCUT2D eigenvalue weighted by Crippen LogP contribution is -2.47. The zero-order valence-corrected chi connectivity index (χ0v) is 16.4. The predicted molar refractivity (Wildman–Crippen MR) is 98.3 cm³/mol. The molecule has 0 bridgehead atoms. The second-order valence-electron chi connectivity index (χ2n) is 6.46. The summed E-state index contributed by atoms with van der Waals surface area (Å²) in [5.41, 5.74) is -0.154. The molecule has 0 aromatic carbocycles. The van der Waals surface area contributed by atoms with Crippen LogP contribution in [0, 0.1) is 5.41 Å². The smallest absolute Gasteiger partial charge is 0.250 e. The van der Waals surface area contributed by atoms with Crippen LogP contribution in [0.15, 0.2) is 16.3 Å². The fraction of sp³-hybridized carbons (Fsp3) is 0.688. The molecule has 1 fully saturated rings. The second-order valence-corrected chi connectivity index (χ2v) is 9.62. The number of hydrogen-bond donors (Lipinski definition) is 3. The Hall–Kier alpha value is -1.00. The van der Waals surface area contributed by atoms with Gasteiger partial charge in [0.05, 0.1) is 6.61 Å². The summed E-state index contributed by atoms with van der Waals surface area (Å²) in [4.78, 5) is 11.8. The van der Waals surface area contributed by atoms with Gasteiger partial charge in [-0.05, 0) is 44.5 Å². The highest BCUT2D eigenvalue weighted by molar-refractivity contribution is 7.91. The van der Waals surface area contributed by atoms with Gasteiger partial charge in [-0.3, -0.25) is 4.79 Å². The standard InChI is InChI=1S/C16H27N3O4S2/c1-13(20)18-8-5-14-3-4-15(24-14)25(21,22)19-11-16(12-23-2)6-9-17-10-7-16/h3-4,17,19H,5-12H2,1-2H3,(H,18,20). The molecule has 0 spiro atoms. The number of methoxy groups -OCH3 is 1. The van der Waals surface area contributed by atoms with Crippen LogP contribution >= 0.6 is 11.3 Å². The molecular formula is C16H27N3O4S2. The van der Waals surface area contributed by atoms with Gasteiger partial charge in [-0.2, -0.15) is 0 Å². The number of piperidine rings is 1. The first-order chi connectivity index (χ1) is 11.9. The van der Waals surface area contributed by atoms with Crippen molar-refractivity contribution >= 4 is 27.3 Å². The molecule has 1 aliphatic heterocycles. The van der Waals surface area contributed by atoms with E-state index in [1.54, 1.807) is 19.2 Å². The maximum absolute atomic E-state index is 12.6. The van der Waals surface area contributed by atoms with Crippen molar-refractivity contribution in [1.82, 2.24) is 15.4 Å². The molecule has 3 N–H and O–H groups in total. The Morgan fingerprint density at radius 1 is 1.36 bits per heavy atom. The molecule has 1 aliphatic rings. The Morgan fingerprint density at radius 2 is 2.08 bits per heavy atom. The average molecular weight is 390 g/mol. The van der Waals surface area contributed by atoms with E-state index in [2.05, 4.69) is 15.4 Å². The van der Waals surface area contributed by atoms with Gasteiger partial charge in [0.15, 0.2) is 0 Å². The molecule has 1 amide bonds. The van der Waals surface area contributed by atoms with Gasteiger partial charge in [0.25, 0.3) is 0 Å².